The first kappa shape index (κ1) is 18.9. The van der Waals surface area contributed by atoms with Crippen LogP contribution in [0.15, 0.2) is 0 Å². The van der Waals surface area contributed by atoms with E-state index in [1.807, 2.05) is 0 Å². The normalized spacial score (nSPS) is 17.9. The average molecular weight is 317 g/mol. The molecule has 20 heavy (non-hydrogen) atoms. The summed E-state index contributed by atoms with van der Waals surface area (Å²) in [6, 6.07) is 0. The third-order valence-electron chi connectivity index (χ3n) is 2.03. The lowest BCUT2D eigenvalue weighted by molar-refractivity contribution is -0.148. The number of rotatable bonds is 7. The molecule has 0 bridgehead atoms. The summed E-state index contributed by atoms with van der Waals surface area (Å²) in [7, 11) is -5.15. The van der Waals surface area contributed by atoms with Crippen molar-refractivity contribution in [3.8, 4) is 0 Å². The van der Waals surface area contributed by atoms with Gasteiger partial charge in [0.15, 0.2) is 6.10 Å². The minimum atomic E-state index is -5.15. The number of carbonyl (C=O) groups is 2. The second-order valence-corrected chi connectivity index (χ2v) is 4.77. The van der Waals surface area contributed by atoms with Crippen molar-refractivity contribution in [2.75, 3.05) is 6.61 Å². The maximum atomic E-state index is 11.2. The predicted molar refractivity (Wildman–Crippen MR) is 60.4 cm³/mol. The van der Waals surface area contributed by atoms with E-state index in [9.17, 15) is 33.3 Å². The maximum absolute atomic E-state index is 11.2. The molecule has 0 saturated carbocycles. The lowest BCUT2D eigenvalue weighted by Crippen LogP contribution is -2.53. The Morgan fingerprint density at radius 2 is 1.75 bits per heavy atom. The zero-order valence-electron chi connectivity index (χ0n) is 10.2. The van der Waals surface area contributed by atoms with E-state index >= 15 is 0 Å². The van der Waals surface area contributed by atoms with E-state index in [1.54, 1.807) is 5.32 Å². The molecule has 0 aliphatic carbocycles. The first-order valence-electron chi connectivity index (χ1n) is 5.11. The molecule has 0 saturated heterocycles. The summed E-state index contributed by atoms with van der Waals surface area (Å²) >= 11 is 0. The number of aliphatic hydroxyl groups is 4. The average Bonchev–Trinajstić information content (AvgIpc) is 2.31. The highest BCUT2D eigenvalue weighted by molar-refractivity contribution is 7.80. The van der Waals surface area contributed by atoms with Crippen molar-refractivity contribution in [1.82, 2.24) is 5.32 Å². The van der Waals surface area contributed by atoms with Crippen LogP contribution in [0.2, 0.25) is 0 Å². The van der Waals surface area contributed by atoms with Crippen molar-refractivity contribution >= 4 is 22.2 Å². The number of imide groups is 1. The molecule has 12 heteroatoms. The van der Waals surface area contributed by atoms with Crippen molar-refractivity contribution in [2.24, 2.45) is 0 Å². The quantitative estimate of drug-likeness (QED) is 0.252. The first-order chi connectivity index (χ1) is 8.99. The molecule has 11 nitrogen and oxygen atoms in total. The van der Waals surface area contributed by atoms with Gasteiger partial charge in [0.25, 0.3) is 5.91 Å². The third-order valence-corrected chi connectivity index (χ3v) is 2.49. The summed E-state index contributed by atoms with van der Waals surface area (Å²) < 4.78 is 33.4. The fourth-order valence-corrected chi connectivity index (χ4v) is 1.70. The van der Waals surface area contributed by atoms with Crippen LogP contribution in [0.1, 0.15) is 6.92 Å². The van der Waals surface area contributed by atoms with E-state index in [-0.39, 0.29) is 0 Å². The van der Waals surface area contributed by atoms with E-state index in [2.05, 4.69) is 4.18 Å². The zero-order valence-corrected chi connectivity index (χ0v) is 11.0. The molecular weight excluding hydrogens is 302 g/mol. The molecule has 6 N–H and O–H groups in total. The van der Waals surface area contributed by atoms with Crippen LogP contribution in [-0.4, -0.2) is 76.2 Å². The fourth-order valence-electron chi connectivity index (χ4n) is 1.18. The van der Waals surface area contributed by atoms with Crippen LogP contribution in [0.25, 0.3) is 0 Å². The summed E-state index contributed by atoms with van der Waals surface area (Å²) in [5, 5.41) is 38.4. The van der Waals surface area contributed by atoms with E-state index in [0.717, 1.165) is 6.92 Å². The Bertz CT molecular complexity index is 448. The molecule has 0 aromatic heterocycles. The van der Waals surface area contributed by atoms with E-state index in [0.29, 0.717) is 0 Å². The molecule has 0 aromatic carbocycles. The molecule has 0 aromatic rings. The third kappa shape index (κ3) is 6.33. The summed E-state index contributed by atoms with van der Waals surface area (Å²) in [6.07, 6.45) is -8.97. The minimum Gasteiger partial charge on any atom is -0.394 e. The Kier molecular flexibility index (Phi) is 7.15. The molecule has 4 atom stereocenters. The summed E-state index contributed by atoms with van der Waals surface area (Å²) in [5.74, 6) is -2.25. The van der Waals surface area contributed by atoms with Crippen molar-refractivity contribution in [3.05, 3.63) is 0 Å². The van der Waals surface area contributed by atoms with Crippen molar-refractivity contribution < 1.29 is 47.2 Å². The van der Waals surface area contributed by atoms with Crippen LogP contribution in [-0.2, 0) is 24.2 Å². The van der Waals surface area contributed by atoms with Gasteiger partial charge in [0.2, 0.25) is 5.91 Å². The van der Waals surface area contributed by atoms with E-state index in [4.69, 9.17) is 9.66 Å². The number of carbonyl (C=O) groups excluding carboxylic acids is 2. The Morgan fingerprint density at radius 1 is 1.25 bits per heavy atom. The Balaban J connectivity index is 5.07. The predicted octanol–water partition coefficient (Wildman–Crippen LogP) is -4.09. The highest BCUT2D eigenvalue weighted by Gasteiger charge is 2.39. The molecule has 118 valence electrons. The SMILES string of the molecule is CC(=O)NC(=O)[C@H](O)[C@@H](O)[C@@H](OS(=O)(=O)O)[C@H](O)CO. The van der Waals surface area contributed by atoms with Crippen molar-refractivity contribution in [3.63, 3.8) is 0 Å². The highest BCUT2D eigenvalue weighted by atomic mass is 32.3. The Morgan fingerprint density at radius 3 is 2.10 bits per heavy atom. The van der Waals surface area contributed by atoms with Gasteiger partial charge in [0, 0.05) is 6.92 Å². The van der Waals surface area contributed by atoms with Gasteiger partial charge in [-0.25, -0.2) is 4.18 Å². The van der Waals surface area contributed by atoms with Gasteiger partial charge in [-0.1, -0.05) is 0 Å². The maximum Gasteiger partial charge on any atom is 0.397 e. The highest BCUT2D eigenvalue weighted by Crippen LogP contribution is 2.12. The molecule has 0 aliphatic rings. The molecule has 0 unspecified atom stereocenters. The van der Waals surface area contributed by atoms with Crippen LogP contribution in [0, 0.1) is 0 Å². The van der Waals surface area contributed by atoms with Gasteiger partial charge in [0.1, 0.15) is 18.3 Å². The number of nitrogens with one attached hydrogen (secondary N) is 1. The lowest BCUT2D eigenvalue weighted by Gasteiger charge is -2.27. The molecular formula is C8H15NO10S. The largest absolute Gasteiger partial charge is 0.397 e. The zero-order chi connectivity index (χ0) is 16.1. The number of hydrogen-bond acceptors (Lipinski definition) is 9. The summed E-state index contributed by atoms with van der Waals surface area (Å²) in [5.41, 5.74) is 0. The van der Waals surface area contributed by atoms with Crippen LogP contribution in [0.4, 0.5) is 0 Å². The number of amides is 2. The molecule has 0 heterocycles. The smallest absolute Gasteiger partial charge is 0.394 e. The molecule has 0 spiro atoms. The topological polar surface area (TPSA) is 191 Å². The Labute approximate surface area is 113 Å². The standard InChI is InChI=1S/C8H15NO10S/c1-3(11)9-8(15)6(14)5(13)7(4(12)2-10)19-20(16,17)18/h4-7,10,12-14H,2H2,1H3,(H,9,11,15)(H,16,17,18)/t4-,5-,6-,7+/m1/s1. The molecule has 0 rings (SSSR count). The van der Waals surface area contributed by atoms with Crippen molar-refractivity contribution in [2.45, 2.75) is 31.3 Å². The van der Waals surface area contributed by atoms with Crippen LogP contribution < -0.4 is 5.32 Å². The summed E-state index contributed by atoms with van der Waals surface area (Å²) in [6.45, 7) is -0.163. The van der Waals surface area contributed by atoms with Crippen LogP contribution in [0.3, 0.4) is 0 Å². The fraction of sp³-hybridized carbons (Fsp3) is 0.750. The van der Waals surface area contributed by atoms with Gasteiger partial charge in [-0.05, 0) is 0 Å². The molecule has 0 aliphatic heterocycles. The monoisotopic (exact) mass is 317 g/mol. The molecule has 2 amide bonds. The van der Waals surface area contributed by atoms with Crippen LogP contribution >= 0.6 is 0 Å². The van der Waals surface area contributed by atoms with Gasteiger partial charge < -0.3 is 20.4 Å². The van der Waals surface area contributed by atoms with Gasteiger partial charge >= 0.3 is 10.4 Å². The van der Waals surface area contributed by atoms with Crippen LogP contribution in [0.5, 0.6) is 0 Å². The molecule has 0 fully saturated rings. The van der Waals surface area contributed by atoms with Crippen molar-refractivity contribution in [1.29, 1.82) is 0 Å². The number of aliphatic hydroxyl groups excluding tert-OH is 4. The Hall–Kier alpha value is -1.15. The van der Waals surface area contributed by atoms with Gasteiger partial charge in [-0.2, -0.15) is 8.42 Å². The van der Waals surface area contributed by atoms with Gasteiger partial charge in [-0.3, -0.25) is 19.5 Å². The van der Waals surface area contributed by atoms with E-state index in [1.165, 1.54) is 0 Å². The minimum absolute atomic E-state index is 0.865. The van der Waals surface area contributed by atoms with Gasteiger partial charge in [0.05, 0.1) is 6.61 Å². The number of hydrogen-bond donors (Lipinski definition) is 6. The molecule has 0 radical (unpaired) electrons. The second kappa shape index (κ2) is 7.58. The lowest BCUT2D eigenvalue weighted by atomic mass is 10.0. The summed E-state index contributed by atoms with van der Waals surface area (Å²) in [4.78, 5) is 21.8. The van der Waals surface area contributed by atoms with Gasteiger partial charge in [-0.15, -0.1) is 0 Å². The first-order valence-corrected chi connectivity index (χ1v) is 6.48. The van der Waals surface area contributed by atoms with E-state index < -0.39 is 53.2 Å². The second-order valence-electron chi connectivity index (χ2n) is 3.72.